The largest absolute Gasteiger partial charge is 0.309 e. The number of para-hydroxylation sites is 2. The Balaban J connectivity index is 1.24. The molecule has 0 saturated heterocycles. The average molecular weight is 746 g/mol. The summed E-state index contributed by atoms with van der Waals surface area (Å²) in [6, 6.07) is 73.9. The standard InChI is InChI=1S/C55H39NS/c1-55(2)45-29-10-6-24-43(45)53-42(28-16-30-46(53)55)40-23-8-12-32-48(40)56(49-33-17-35-51-54(49)44-25-9-13-34-50(44)57-51)47-31-11-7-22-39(47)41-27-15-21-37-20-14-26-38(52(37)41)36-18-4-3-5-19-36/h3-35H,1-2H3. The van der Waals surface area contributed by atoms with E-state index >= 15 is 0 Å². The summed E-state index contributed by atoms with van der Waals surface area (Å²) in [6.45, 7) is 4.73. The van der Waals surface area contributed by atoms with Crippen LogP contribution in [0.25, 0.3) is 75.5 Å². The Morgan fingerprint density at radius 2 is 0.895 bits per heavy atom. The van der Waals surface area contributed by atoms with Crippen molar-refractivity contribution in [3.05, 3.63) is 211 Å². The van der Waals surface area contributed by atoms with E-state index in [0.717, 1.165) is 11.4 Å². The summed E-state index contributed by atoms with van der Waals surface area (Å²) in [5.41, 5.74) is 16.1. The van der Waals surface area contributed by atoms with Crippen molar-refractivity contribution in [3.8, 4) is 44.5 Å². The van der Waals surface area contributed by atoms with Crippen molar-refractivity contribution in [3.63, 3.8) is 0 Å². The van der Waals surface area contributed by atoms with E-state index in [0.29, 0.717) is 0 Å². The molecule has 0 saturated carbocycles. The van der Waals surface area contributed by atoms with E-state index in [4.69, 9.17) is 0 Å². The Labute approximate surface area is 337 Å². The number of thiophene rings is 1. The normalized spacial score (nSPS) is 12.9. The van der Waals surface area contributed by atoms with Crippen LogP contribution in [0.1, 0.15) is 25.0 Å². The Kier molecular flexibility index (Phi) is 7.77. The van der Waals surface area contributed by atoms with Gasteiger partial charge in [-0.2, -0.15) is 0 Å². The number of hydrogen-bond acceptors (Lipinski definition) is 2. The zero-order valence-corrected chi connectivity index (χ0v) is 32.7. The van der Waals surface area contributed by atoms with Gasteiger partial charge in [-0.3, -0.25) is 0 Å². The Bertz CT molecular complexity index is 3160. The van der Waals surface area contributed by atoms with Crippen LogP contribution < -0.4 is 4.90 Å². The Hall–Kier alpha value is -6.74. The quantitative estimate of drug-likeness (QED) is 0.164. The molecule has 1 aliphatic carbocycles. The molecule has 0 aliphatic heterocycles. The first-order chi connectivity index (χ1) is 28.1. The fourth-order valence-corrected chi connectivity index (χ4v) is 10.7. The molecule has 1 heterocycles. The molecule has 10 aromatic rings. The first kappa shape index (κ1) is 33.6. The highest BCUT2D eigenvalue weighted by atomic mass is 32.1. The molecule has 1 nitrogen and oxygen atoms in total. The number of fused-ring (bicyclic) bond motifs is 7. The molecule has 0 unspecified atom stereocenters. The fourth-order valence-electron chi connectivity index (χ4n) is 9.53. The number of rotatable bonds is 6. The van der Waals surface area contributed by atoms with Crippen LogP contribution >= 0.6 is 11.3 Å². The van der Waals surface area contributed by atoms with Crippen molar-refractivity contribution >= 4 is 59.3 Å². The van der Waals surface area contributed by atoms with Crippen molar-refractivity contribution in [2.75, 3.05) is 4.90 Å². The van der Waals surface area contributed by atoms with E-state index in [9.17, 15) is 0 Å². The third-order valence-corrected chi connectivity index (χ3v) is 13.2. The first-order valence-corrected chi connectivity index (χ1v) is 20.6. The molecular weight excluding hydrogens is 707 g/mol. The van der Waals surface area contributed by atoms with Crippen LogP contribution in [0.4, 0.5) is 17.1 Å². The molecular formula is C55H39NS. The molecule has 0 amide bonds. The van der Waals surface area contributed by atoms with E-state index in [1.807, 2.05) is 11.3 Å². The van der Waals surface area contributed by atoms with Crippen LogP contribution in [0.2, 0.25) is 0 Å². The van der Waals surface area contributed by atoms with Gasteiger partial charge in [-0.1, -0.05) is 184 Å². The summed E-state index contributed by atoms with van der Waals surface area (Å²) < 4.78 is 2.57. The monoisotopic (exact) mass is 745 g/mol. The lowest BCUT2D eigenvalue weighted by molar-refractivity contribution is 0.660. The van der Waals surface area contributed by atoms with Gasteiger partial charge in [-0.15, -0.1) is 11.3 Å². The SMILES string of the molecule is CC1(C)c2ccccc2-c2c(-c3ccccc3N(c3ccccc3-c3cccc4cccc(-c5ccccc5)c34)c3cccc4sc5ccccc5c34)cccc21. The van der Waals surface area contributed by atoms with Gasteiger partial charge >= 0.3 is 0 Å². The van der Waals surface area contributed by atoms with Crippen LogP contribution in [0.5, 0.6) is 0 Å². The average Bonchev–Trinajstić information content (AvgIpc) is 3.76. The maximum Gasteiger partial charge on any atom is 0.0555 e. The van der Waals surface area contributed by atoms with Crippen molar-refractivity contribution in [2.45, 2.75) is 19.3 Å². The number of anilines is 3. The summed E-state index contributed by atoms with van der Waals surface area (Å²) in [4.78, 5) is 2.56. The zero-order chi connectivity index (χ0) is 38.1. The maximum atomic E-state index is 2.56. The van der Waals surface area contributed by atoms with Crippen molar-refractivity contribution in [1.82, 2.24) is 0 Å². The molecule has 11 rings (SSSR count). The second-order valence-corrected chi connectivity index (χ2v) is 16.7. The minimum absolute atomic E-state index is 0.102. The summed E-state index contributed by atoms with van der Waals surface area (Å²) in [6.07, 6.45) is 0. The molecule has 270 valence electrons. The number of benzene rings is 9. The summed E-state index contributed by atoms with van der Waals surface area (Å²) in [7, 11) is 0. The fraction of sp³-hybridized carbons (Fsp3) is 0.0545. The summed E-state index contributed by atoms with van der Waals surface area (Å²) in [5, 5.41) is 5.03. The molecule has 9 aromatic carbocycles. The van der Waals surface area contributed by atoms with Gasteiger partial charge in [0.05, 0.1) is 17.1 Å². The van der Waals surface area contributed by atoms with Crippen molar-refractivity contribution in [2.24, 2.45) is 0 Å². The van der Waals surface area contributed by atoms with Gasteiger partial charge in [0, 0.05) is 36.7 Å². The molecule has 0 radical (unpaired) electrons. The van der Waals surface area contributed by atoms with Gasteiger partial charge in [0.2, 0.25) is 0 Å². The third-order valence-electron chi connectivity index (χ3n) is 12.1. The lowest BCUT2D eigenvalue weighted by Crippen LogP contribution is -2.15. The predicted molar refractivity (Wildman–Crippen MR) is 245 cm³/mol. The van der Waals surface area contributed by atoms with Gasteiger partial charge in [0.1, 0.15) is 0 Å². The van der Waals surface area contributed by atoms with Gasteiger partial charge in [0.25, 0.3) is 0 Å². The first-order valence-electron chi connectivity index (χ1n) is 19.8. The van der Waals surface area contributed by atoms with Gasteiger partial charge in [-0.25, -0.2) is 0 Å². The highest BCUT2D eigenvalue weighted by molar-refractivity contribution is 7.26. The number of hydrogen-bond donors (Lipinski definition) is 0. The minimum atomic E-state index is -0.102. The summed E-state index contributed by atoms with van der Waals surface area (Å²) >= 11 is 1.87. The van der Waals surface area contributed by atoms with E-state index in [-0.39, 0.29) is 5.41 Å². The molecule has 0 fully saturated rings. The second-order valence-electron chi connectivity index (χ2n) is 15.6. The number of nitrogens with zero attached hydrogens (tertiary/aromatic N) is 1. The van der Waals surface area contributed by atoms with Crippen molar-refractivity contribution in [1.29, 1.82) is 0 Å². The van der Waals surface area contributed by atoms with Crippen LogP contribution in [0.15, 0.2) is 200 Å². The van der Waals surface area contributed by atoms with E-state index in [1.54, 1.807) is 0 Å². The smallest absolute Gasteiger partial charge is 0.0555 e. The van der Waals surface area contributed by atoms with Crippen LogP contribution in [0.3, 0.4) is 0 Å². The minimum Gasteiger partial charge on any atom is -0.309 e. The molecule has 57 heavy (non-hydrogen) atoms. The topological polar surface area (TPSA) is 3.24 Å². The molecule has 0 bridgehead atoms. The predicted octanol–water partition coefficient (Wildman–Crippen LogP) is 16.0. The van der Waals surface area contributed by atoms with Gasteiger partial charge < -0.3 is 4.90 Å². The zero-order valence-electron chi connectivity index (χ0n) is 31.9. The Morgan fingerprint density at radius 3 is 1.68 bits per heavy atom. The molecule has 0 atom stereocenters. The van der Waals surface area contributed by atoms with Crippen LogP contribution in [0, 0.1) is 0 Å². The summed E-state index contributed by atoms with van der Waals surface area (Å²) in [5.74, 6) is 0. The van der Waals surface area contributed by atoms with Crippen LogP contribution in [-0.2, 0) is 5.41 Å². The van der Waals surface area contributed by atoms with Crippen LogP contribution in [-0.4, -0.2) is 0 Å². The second kappa shape index (κ2) is 13.2. The van der Waals surface area contributed by atoms with Gasteiger partial charge in [0.15, 0.2) is 0 Å². The maximum absolute atomic E-state index is 2.56. The van der Waals surface area contributed by atoms with Crippen molar-refractivity contribution < 1.29 is 0 Å². The van der Waals surface area contributed by atoms with E-state index in [1.165, 1.54) is 92.3 Å². The molecule has 2 heteroatoms. The highest BCUT2D eigenvalue weighted by Crippen LogP contribution is 2.55. The Morgan fingerprint density at radius 1 is 0.368 bits per heavy atom. The molecule has 1 aromatic heterocycles. The molecule has 1 aliphatic rings. The van der Waals surface area contributed by atoms with E-state index in [2.05, 4.69) is 219 Å². The van der Waals surface area contributed by atoms with E-state index < -0.39 is 0 Å². The third kappa shape index (κ3) is 5.21. The molecule has 0 spiro atoms. The highest BCUT2D eigenvalue weighted by Gasteiger charge is 2.37. The van der Waals surface area contributed by atoms with Gasteiger partial charge in [-0.05, 0) is 85.6 Å². The molecule has 0 N–H and O–H groups in total. The lowest BCUT2D eigenvalue weighted by Gasteiger charge is -2.31. The lowest BCUT2D eigenvalue weighted by atomic mass is 9.82.